The van der Waals surface area contributed by atoms with Crippen molar-refractivity contribution in [2.45, 2.75) is 83.4 Å². The van der Waals surface area contributed by atoms with Gasteiger partial charge in [0.2, 0.25) is 0 Å². The lowest BCUT2D eigenvalue weighted by molar-refractivity contribution is -0.139. The van der Waals surface area contributed by atoms with E-state index in [0.29, 0.717) is 23.9 Å². The second-order valence-electron chi connectivity index (χ2n) is 8.55. The van der Waals surface area contributed by atoms with Gasteiger partial charge in [0.25, 0.3) is 5.56 Å². The molecule has 12 heteroatoms. The molecule has 1 fully saturated rings. The Kier molecular flexibility index (Phi) is 11.5. The smallest absolute Gasteiger partial charge is 0.423 e. The third-order valence-electron chi connectivity index (χ3n) is 5.94. The van der Waals surface area contributed by atoms with Crippen LogP contribution in [0.25, 0.3) is 0 Å². The summed E-state index contributed by atoms with van der Waals surface area (Å²) in [5, 5.41) is 0. The molecule has 202 valence electrons. The van der Waals surface area contributed by atoms with Crippen LogP contribution in [0.15, 0.2) is 15.8 Å². The quantitative estimate of drug-likeness (QED) is 0.316. The number of unbranched alkanes of at least 4 members (excludes halogenated alkanes) is 5. The van der Waals surface area contributed by atoms with Crippen LogP contribution in [0.3, 0.4) is 0 Å². The number of nitrogens with zero attached hydrogens (tertiary/aromatic N) is 2. The Morgan fingerprint density at radius 1 is 1.25 bits per heavy atom. The van der Waals surface area contributed by atoms with E-state index < -0.39 is 47.5 Å². The molecule has 0 unspecified atom stereocenters. The lowest BCUT2D eigenvalue weighted by atomic mass is 10.1. The number of terminal acetylenes is 1. The number of H-pyrrole nitrogens is 1. The van der Waals surface area contributed by atoms with Gasteiger partial charge in [-0.15, -0.1) is 6.42 Å². The Hall–Kier alpha value is -2.78. The van der Waals surface area contributed by atoms with E-state index in [1.165, 1.54) is 6.42 Å². The number of carbonyl (C=O) groups is 1. The standard InChI is InChI=1S/C24H34F3N3O6/c1-4-7-8-9-10-11-12-29(6-3)23(33)35-16-19-18(34-13-5-2)14-20(36-19)30-15-17(24(25,26)27)21(31)28-22(30)32/h2,15,18-20H,4,6-14,16H2,1,3H3,(H,28,31,32)/t18-,19+,20+/m0/s1. The molecule has 36 heavy (non-hydrogen) atoms. The summed E-state index contributed by atoms with van der Waals surface area (Å²) in [6.45, 7) is 4.61. The highest BCUT2D eigenvalue weighted by Crippen LogP contribution is 2.32. The fourth-order valence-corrected chi connectivity index (χ4v) is 3.96. The van der Waals surface area contributed by atoms with Crippen molar-refractivity contribution in [3.05, 3.63) is 32.6 Å². The third kappa shape index (κ3) is 8.41. The molecule has 2 rings (SSSR count). The van der Waals surface area contributed by atoms with Gasteiger partial charge in [-0.2, -0.15) is 13.2 Å². The summed E-state index contributed by atoms with van der Waals surface area (Å²) < 4.78 is 56.8. The van der Waals surface area contributed by atoms with Crippen molar-refractivity contribution < 1.29 is 32.2 Å². The number of aromatic amines is 1. The Labute approximate surface area is 207 Å². The van der Waals surface area contributed by atoms with Crippen molar-refractivity contribution in [3.63, 3.8) is 0 Å². The molecule has 3 atom stereocenters. The summed E-state index contributed by atoms with van der Waals surface area (Å²) in [5.41, 5.74) is -4.14. The minimum absolute atomic E-state index is 0.0393. The second kappa shape index (κ2) is 14.1. The molecule has 0 radical (unpaired) electrons. The van der Waals surface area contributed by atoms with Gasteiger partial charge in [0.15, 0.2) is 0 Å². The van der Waals surface area contributed by atoms with Crippen molar-refractivity contribution in [2.24, 2.45) is 0 Å². The number of ether oxygens (including phenoxy) is 3. The number of halogens is 3. The van der Waals surface area contributed by atoms with Crippen LogP contribution in [-0.2, 0) is 20.4 Å². The van der Waals surface area contributed by atoms with Gasteiger partial charge in [-0.05, 0) is 13.3 Å². The van der Waals surface area contributed by atoms with Crippen LogP contribution in [0.2, 0.25) is 0 Å². The summed E-state index contributed by atoms with van der Waals surface area (Å²) in [5.74, 6) is 2.29. The first kappa shape index (κ1) is 29.5. The topological polar surface area (TPSA) is 103 Å². The summed E-state index contributed by atoms with van der Waals surface area (Å²) >= 11 is 0. The number of hydrogen-bond donors (Lipinski definition) is 1. The van der Waals surface area contributed by atoms with Gasteiger partial charge < -0.3 is 19.1 Å². The first-order valence-corrected chi connectivity index (χ1v) is 12.2. The zero-order valence-corrected chi connectivity index (χ0v) is 20.6. The van der Waals surface area contributed by atoms with Crippen LogP contribution in [0.5, 0.6) is 0 Å². The van der Waals surface area contributed by atoms with E-state index in [-0.39, 0.29) is 19.6 Å². The van der Waals surface area contributed by atoms with Crippen molar-refractivity contribution in [2.75, 3.05) is 26.3 Å². The van der Waals surface area contributed by atoms with Crippen molar-refractivity contribution in [3.8, 4) is 12.3 Å². The maximum Gasteiger partial charge on any atom is 0.423 e. The van der Waals surface area contributed by atoms with Gasteiger partial charge in [-0.1, -0.05) is 44.9 Å². The first-order valence-electron chi connectivity index (χ1n) is 12.2. The molecule has 2 heterocycles. The van der Waals surface area contributed by atoms with Crippen LogP contribution in [0, 0.1) is 12.3 Å². The molecule has 0 aromatic carbocycles. The fraction of sp³-hybridized carbons (Fsp3) is 0.708. The molecule has 1 aliphatic heterocycles. The SMILES string of the molecule is C#CCO[C@H]1C[C@H](n2cc(C(F)(F)F)c(=O)[nH]c2=O)O[C@@H]1COC(=O)N(CC)CCCCCCCC. The lowest BCUT2D eigenvalue weighted by Gasteiger charge is -2.23. The predicted molar refractivity (Wildman–Crippen MR) is 125 cm³/mol. The van der Waals surface area contributed by atoms with E-state index in [2.05, 4.69) is 12.8 Å². The number of aromatic nitrogens is 2. The summed E-state index contributed by atoms with van der Waals surface area (Å²) in [7, 11) is 0. The monoisotopic (exact) mass is 517 g/mol. The van der Waals surface area contributed by atoms with Crippen LogP contribution < -0.4 is 11.2 Å². The molecular weight excluding hydrogens is 483 g/mol. The maximum absolute atomic E-state index is 13.2. The highest BCUT2D eigenvalue weighted by atomic mass is 19.4. The molecule has 1 saturated heterocycles. The minimum Gasteiger partial charge on any atom is -0.447 e. The third-order valence-corrected chi connectivity index (χ3v) is 5.94. The largest absolute Gasteiger partial charge is 0.447 e. The molecule has 1 aromatic heterocycles. The van der Waals surface area contributed by atoms with E-state index in [0.717, 1.165) is 32.1 Å². The van der Waals surface area contributed by atoms with E-state index in [9.17, 15) is 27.6 Å². The number of amides is 1. The van der Waals surface area contributed by atoms with Gasteiger partial charge in [-0.25, -0.2) is 9.59 Å². The molecule has 0 spiro atoms. The summed E-state index contributed by atoms with van der Waals surface area (Å²) in [4.78, 5) is 39.6. The molecular formula is C24H34F3N3O6. The van der Waals surface area contributed by atoms with E-state index in [4.69, 9.17) is 20.6 Å². The lowest BCUT2D eigenvalue weighted by Crippen LogP contribution is -2.37. The van der Waals surface area contributed by atoms with Crippen LogP contribution in [0.1, 0.15) is 70.6 Å². The number of alkyl halides is 3. The second-order valence-corrected chi connectivity index (χ2v) is 8.55. The highest BCUT2D eigenvalue weighted by molar-refractivity contribution is 5.67. The van der Waals surface area contributed by atoms with Gasteiger partial charge in [0.1, 0.15) is 31.1 Å². The molecule has 9 nitrogen and oxygen atoms in total. The first-order chi connectivity index (χ1) is 17.1. The molecule has 0 bridgehead atoms. The van der Waals surface area contributed by atoms with Crippen LogP contribution in [-0.4, -0.2) is 59.1 Å². The van der Waals surface area contributed by atoms with E-state index >= 15 is 0 Å². The van der Waals surface area contributed by atoms with Crippen molar-refractivity contribution in [1.29, 1.82) is 0 Å². The number of carbonyl (C=O) groups excluding carboxylic acids is 1. The van der Waals surface area contributed by atoms with Crippen molar-refractivity contribution >= 4 is 6.09 Å². The average molecular weight is 518 g/mol. The number of nitrogens with one attached hydrogen (secondary N) is 1. The summed E-state index contributed by atoms with van der Waals surface area (Å²) in [6, 6.07) is 0. The average Bonchev–Trinajstić information content (AvgIpc) is 3.22. The van der Waals surface area contributed by atoms with Crippen LogP contribution in [0.4, 0.5) is 18.0 Å². The van der Waals surface area contributed by atoms with Gasteiger partial charge in [-0.3, -0.25) is 14.3 Å². The highest BCUT2D eigenvalue weighted by Gasteiger charge is 2.40. The molecule has 1 aliphatic rings. The van der Waals surface area contributed by atoms with Gasteiger partial charge in [0, 0.05) is 25.7 Å². The molecule has 1 N–H and O–H groups in total. The Morgan fingerprint density at radius 2 is 1.94 bits per heavy atom. The zero-order chi connectivity index (χ0) is 26.7. The Morgan fingerprint density at radius 3 is 2.58 bits per heavy atom. The molecule has 1 aromatic rings. The van der Waals surface area contributed by atoms with Crippen molar-refractivity contribution in [1.82, 2.24) is 14.5 Å². The molecule has 1 amide bonds. The fourth-order valence-electron chi connectivity index (χ4n) is 3.96. The number of rotatable bonds is 13. The maximum atomic E-state index is 13.2. The van der Waals surface area contributed by atoms with Crippen LogP contribution >= 0.6 is 0 Å². The zero-order valence-electron chi connectivity index (χ0n) is 20.6. The van der Waals surface area contributed by atoms with E-state index in [1.54, 1.807) is 9.88 Å². The number of hydrogen-bond acceptors (Lipinski definition) is 6. The van der Waals surface area contributed by atoms with Gasteiger partial charge >= 0.3 is 18.0 Å². The minimum atomic E-state index is -4.96. The summed E-state index contributed by atoms with van der Waals surface area (Å²) in [6.07, 6.45) is 3.75. The normalized spacial score (nSPS) is 19.7. The molecule has 0 saturated carbocycles. The Balaban J connectivity index is 2.04. The predicted octanol–water partition coefficient (Wildman–Crippen LogP) is 3.68. The Bertz CT molecular complexity index is 1000. The van der Waals surface area contributed by atoms with E-state index in [1.807, 2.05) is 6.92 Å². The molecule has 0 aliphatic carbocycles. The van der Waals surface area contributed by atoms with Gasteiger partial charge in [0.05, 0.1) is 6.10 Å².